The van der Waals surface area contributed by atoms with Gasteiger partial charge in [0.25, 0.3) is 10.0 Å². The lowest BCUT2D eigenvalue weighted by Gasteiger charge is -2.33. The molecule has 0 radical (unpaired) electrons. The van der Waals surface area contributed by atoms with Crippen LogP contribution in [0.15, 0.2) is 77.7 Å². The van der Waals surface area contributed by atoms with Gasteiger partial charge >= 0.3 is 0 Å². The summed E-state index contributed by atoms with van der Waals surface area (Å²) in [6, 6.07) is 17.8. The van der Waals surface area contributed by atoms with Gasteiger partial charge in [-0.2, -0.15) is 0 Å². The topological polar surface area (TPSA) is 86.8 Å². The van der Waals surface area contributed by atoms with Crippen LogP contribution in [-0.4, -0.2) is 43.3 Å². The molecule has 0 aliphatic rings. The van der Waals surface area contributed by atoms with Gasteiger partial charge in [0.15, 0.2) is 0 Å². The maximum Gasteiger partial charge on any atom is 0.264 e. The number of nitrogens with one attached hydrogen (secondary N) is 1. The second kappa shape index (κ2) is 12.0. The van der Waals surface area contributed by atoms with Crippen molar-refractivity contribution in [1.29, 1.82) is 0 Å². The second-order valence-electron chi connectivity index (χ2n) is 10.7. The molecular weight excluding hydrogens is 517 g/mol. The molecule has 39 heavy (non-hydrogen) atoms. The van der Waals surface area contributed by atoms with E-state index < -0.39 is 39.9 Å². The van der Waals surface area contributed by atoms with E-state index in [4.69, 9.17) is 0 Å². The molecule has 0 spiro atoms. The lowest BCUT2D eigenvalue weighted by Crippen LogP contribution is -2.54. The Labute approximate surface area is 230 Å². The maximum atomic E-state index is 13.9. The minimum atomic E-state index is -4.21. The first-order valence-corrected chi connectivity index (χ1v) is 14.1. The molecular formula is C30H36FN3O4S. The summed E-state index contributed by atoms with van der Waals surface area (Å²) in [5, 5.41) is 2.90. The van der Waals surface area contributed by atoms with E-state index >= 15 is 0 Å². The zero-order chi connectivity index (χ0) is 29.0. The summed E-state index contributed by atoms with van der Waals surface area (Å²) in [4.78, 5) is 28.4. The number of halogens is 1. The highest BCUT2D eigenvalue weighted by atomic mass is 32.2. The number of rotatable bonds is 9. The van der Waals surface area contributed by atoms with Gasteiger partial charge < -0.3 is 10.2 Å². The van der Waals surface area contributed by atoms with Gasteiger partial charge in [0, 0.05) is 12.1 Å². The van der Waals surface area contributed by atoms with Crippen molar-refractivity contribution in [2.45, 2.75) is 64.6 Å². The van der Waals surface area contributed by atoms with Gasteiger partial charge in [-0.05, 0) is 89.1 Å². The highest BCUT2D eigenvalue weighted by molar-refractivity contribution is 7.92. The van der Waals surface area contributed by atoms with E-state index in [1.54, 1.807) is 19.1 Å². The van der Waals surface area contributed by atoms with E-state index in [1.807, 2.05) is 58.9 Å². The molecule has 0 fully saturated rings. The highest BCUT2D eigenvalue weighted by Gasteiger charge is 2.33. The molecule has 0 aromatic heterocycles. The van der Waals surface area contributed by atoms with Crippen LogP contribution in [0.5, 0.6) is 0 Å². The molecule has 0 heterocycles. The predicted octanol–water partition coefficient (Wildman–Crippen LogP) is 4.97. The molecule has 0 bridgehead atoms. The zero-order valence-electron chi connectivity index (χ0n) is 23.2. The SMILES string of the molecule is Cc1ccc(S(=O)(=O)N(CC(=O)N(Cc2ccccc2C)[C@@H](C)C(=O)NC(C)(C)C)c2ccc(F)cc2)cc1. The summed E-state index contributed by atoms with van der Waals surface area (Å²) in [6.45, 7) is 10.4. The van der Waals surface area contributed by atoms with Crippen molar-refractivity contribution >= 4 is 27.5 Å². The minimum Gasteiger partial charge on any atom is -0.350 e. The van der Waals surface area contributed by atoms with Gasteiger partial charge in [-0.3, -0.25) is 13.9 Å². The lowest BCUT2D eigenvalue weighted by molar-refractivity contribution is -0.140. The average Bonchev–Trinajstić information content (AvgIpc) is 2.86. The van der Waals surface area contributed by atoms with Crippen LogP contribution in [0, 0.1) is 19.7 Å². The fraction of sp³-hybridized carbons (Fsp3) is 0.333. The molecule has 3 rings (SSSR count). The Bertz CT molecular complexity index is 1420. The molecule has 0 saturated heterocycles. The van der Waals surface area contributed by atoms with E-state index in [-0.39, 0.29) is 23.0 Å². The van der Waals surface area contributed by atoms with Crippen molar-refractivity contribution in [2.75, 3.05) is 10.8 Å². The third-order valence-corrected chi connectivity index (χ3v) is 8.06. The predicted molar refractivity (Wildman–Crippen MR) is 151 cm³/mol. The molecule has 2 amide bonds. The van der Waals surface area contributed by atoms with Crippen LogP contribution in [0.4, 0.5) is 10.1 Å². The Morgan fingerprint density at radius 1 is 0.923 bits per heavy atom. The van der Waals surface area contributed by atoms with Crippen LogP contribution in [0.25, 0.3) is 0 Å². The lowest BCUT2D eigenvalue weighted by atomic mass is 10.1. The van der Waals surface area contributed by atoms with E-state index in [1.165, 1.54) is 29.2 Å². The molecule has 0 aliphatic carbocycles. The van der Waals surface area contributed by atoms with Gasteiger partial charge in [-0.1, -0.05) is 42.0 Å². The summed E-state index contributed by atoms with van der Waals surface area (Å²) in [5.41, 5.74) is 2.24. The van der Waals surface area contributed by atoms with Crippen molar-refractivity contribution in [2.24, 2.45) is 0 Å². The third kappa shape index (κ3) is 7.66. The summed E-state index contributed by atoms with van der Waals surface area (Å²) < 4.78 is 42.2. The van der Waals surface area contributed by atoms with Crippen molar-refractivity contribution < 1.29 is 22.4 Å². The van der Waals surface area contributed by atoms with Gasteiger partial charge in [0.2, 0.25) is 11.8 Å². The summed E-state index contributed by atoms with van der Waals surface area (Å²) in [7, 11) is -4.21. The number of anilines is 1. The number of benzene rings is 3. The normalized spacial score (nSPS) is 12.5. The summed E-state index contributed by atoms with van der Waals surface area (Å²) >= 11 is 0. The molecule has 3 aromatic rings. The summed E-state index contributed by atoms with van der Waals surface area (Å²) in [6.07, 6.45) is 0. The molecule has 208 valence electrons. The largest absolute Gasteiger partial charge is 0.350 e. The smallest absolute Gasteiger partial charge is 0.264 e. The zero-order valence-corrected chi connectivity index (χ0v) is 24.0. The molecule has 1 N–H and O–H groups in total. The third-order valence-electron chi connectivity index (χ3n) is 6.27. The molecule has 7 nitrogen and oxygen atoms in total. The second-order valence-corrected chi connectivity index (χ2v) is 12.5. The van der Waals surface area contributed by atoms with Crippen molar-refractivity contribution in [3.05, 3.63) is 95.3 Å². The highest BCUT2D eigenvalue weighted by Crippen LogP contribution is 2.25. The van der Waals surface area contributed by atoms with Gasteiger partial charge in [0.05, 0.1) is 10.6 Å². The number of nitrogens with zero attached hydrogens (tertiary/aromatic N) is 2. The van der Waals surface area contributed by atoms with Crippen LogP contribution in [-0.2, 0) is 26.2 Å². The fourth-order valence-electron chi connectivity index (χ4n) is 4.00. The van der Waals surface area contributed by atoms with E-state index in [0.29, 0.717) is 0 Å². The number of carbonyl (C=O) groups excluding carboxylic acids is 2. The van der Waals surface area contributed by atoms with Crippen LogP contribution in [0.2, 0.25) is 0 Å². The molecule has 3 aromatic carbocycles. The first-order chi connectivity index (χ1) is 18.2. The average molecular weight is 554 g/mol. The van der Waals surface area contributed by atoms with Crippen LogP contribution >= 0.6 is 0 Å². The standard InChI is InChI=1S/C30H36FN3O4S/c1-21-11-17-27(18-12-21)39(37,38)34(26-15-13-25(31)14-16-26)20-28(35)33(19-24-10-8-7-9-22(24)2)23(3)29(36)32-30(4,5)6/h7-18,23H,19-20H2,1-6H3,(H,32,36)/t23-/m0/s1. The van der Waals surface area contributed by atoms with Gasteiger partial charge in [-0.25, -0.2) is 12.8 Å². The number of hydrogen-bond acceptors (Lipinski definition) is 4. The number of sulfonamides is 1. The van der Waals surface area contributed by atoms with E-state index in [9.17, 15) is 22.4 Å². The Balaban J connectivity index is 2.04. The van der Waals surface area contributed by atoms with Crippen LogP contribution < -0.4 is 9.62 Å². The first-order valence-electron chi connectivity index (χ1n) is 12.7. The Morgan fingerprint density at radius 3 is 2.08 bits per heavy atom. The Kier molecular flexibility index (Phi) is 9.17. The van der Waals surface area contributed by atoms with Crippen molar-refractivity contribution in [3.63, 3.8) is 0 Å². The van der Waals surface area contributed by atoms with E-state index in [2.05, 4.69) is 5.32 Å². The molecule has 0 aliphatic heterocycles. The minimum absolute atomic E-state index is 0.00537. The Hall–Kier alpha value is -3.72. The molecule has 0 saturated carbocycles. The van der Waals surface area contributed by atoms with Gasteiger partial charge in [-0.15, -0.1) is 0 Å². The van der Waals surface area contributed by atoms with Crippen molar-refractivity contribution in [1.82, 2.24) is 10.2 Å². The number of amides is 2. The molecule has 0 unspecified atom stereocenters. The monoisotopic (exact) mass is 553 g/mol. The number of carbonyl (C=O) groups is 2. The van der Waals surface area contributed by atoms with E-state index in [0.717, 1.165) is 33.1 Å². The van der Waals surface area contributed by atoms with Crippen LogP contribution in [0.1, 0.15) is 44.4 Å². The quantitative estimate of drug-likeness (QED) is 0.405. The number of aryl methyl sites for hydroxylation is 2. The Morgan fingerprint density at radius 2 is 1.51 bits per heavy atom. The number of hydrogen-bond donors (Lipinski definition) is 1. The first kappa shape index (κ1) is 29.8. The molecule has 9 heteroatoms. The van der Waals surface area contributed by atoms with Gasteiger partial charge in [0.1, 0.15) is 18.4 Å². The fourth-order valence-corrected chi connectivity index (χ4v) is 5.42. The maximum absolute atomic E-state index is 13.9. The summed E-state index contributed by atoms with van der Waals surface area (Å²) in [5.74, 6) is -1.47. The molecule has 1 atom stereocenters. The van der Waals surface area contributed by atoms with Crippen molar-refractivity contribution in [3.8, 4) is 0 Å². The van der Waals surface area contributed by atoms with Crippen LogP contribution in [0.3, 0.4) is 0 Å².